The van der Waals surface area contributed by atoms with Crippen molar-refractivity contribution in [2.45, 2.75) is 155 Å². The van der Waals surface area contributed by atoms with Crippen LogP contribution in [-0.2, 0) is 17.6 Å². The zero-order valence-electron chi connectivity index (χ0n) is 45.4. The summed E-state index contributed by atoms with van der Waals surface area (Å²) >= 11 is 4.86. The number of amidine groups is 1. The third-order valence-electron chi connectivity index (χ3n) is 9.50. The van der Waals surface area contributed by atoms with Crippen LogP contribution in [0.25, 0.3) is 0 Å². The van der Waals surface area contributed by atoms with Gasteiger partial charge in [-0.15, -0.1) is 48.8 Å². The number of hydrogen-bond donors (Lipinski definition) is 12. The number of oxime groups is 2. The van der Waals surface area contributed by atoms with E-state index in [9.17, 15) is 19.4 Å². The number of carbonyl (C=O) groups is 1. The molecule has 2 rings (SSSR count). The van der Waals surface area contributed by atoms with Crippen LogP contribution in [0.5, 0.6) is 0 Å². The van der Waals surface area contributed by atoms with E-state index >= 15 is 0 Å². The number of nitrogens with two attached hydrogens (primary N) is 2. The van der Waals surface area contributed by atoms with E-state index in [0.717, 1.165) is 44.4 Å². The van der Waals surface area contributed by atoms with Crippen molar-refractivity contribution in [3.05, 3.63) is 32.8 Å². The van der Waals surface area contributed by atoms with Crippen LogP contribution < -0.4 is 38.7 Å². The third-order valence-corrected chi connectivity index (χ3v) is 9.61. The highest BCUT2D eigenvalue weighted by Gasteiger charge is 2.18. The molecule has 0 aromatic carbocycles. The fourth-order valence-corrected chi connectivity index (χ4v) is 6.99. The second-order valence-electron chi connectivity index (χ2n) is 19.7. The second-order valence-corrected chi connectivity index (χ2v) is 20.0. The summed E-state index contributed by atoms with van der Waals surface area (Å²) < 4.78 is 13.3. The van der Waals surface area contributed by atoms with Crippen LogP contribution in [0.2, 0.25) is 20.5 Å². The highest BCUT2D eigenvalue weighted by molar-refractivity contribution is 14.0. The smallest absolute Gasteiger partial charge is 0.438 e. The van der Waals surface area contributed by atoms with Crippen LogP contribution in [0.4, 0.5) is 4.79 Å². The Bertz CT molecular complexity index is 1690. The summed E-state index contributed by atoms with van der Waals surface area (Å²) in [6.07, 6.45) is 6.72. The van der Waals surface area contributed by atoms with Gasteiger partial charge < -0.3 is 57.4 Å². The number of nitrogens with zero attached hydrogens (tertiary/aromatic N) is 4. The number of carbonyl (C=O) groups excluding carboxylic acids is 1. The molecule has 4 atom stereocenters. The van der Waals surface area contributed by atoms with E-state index in [1.165, 1.54) is 0 Å². The second kappa shape index (κ2) is 51.7. The summed E-state index contributed by atoms with van der Waals surface area (Å²) in [6.45, 7) is 31.1. The van der Waals surface area contributed by atoms with Gasteiger partial charge in [0, 0.05) is 32.3 Å². The molecule has 0 amide bonds. The minimum Gasteiger partial charge on any atom is -0.453 e. The maximum atomic E-state index is 10.8. The average molecular weight is 1230 g/mol. The SMILES string of the molecule is C.CB(O)NCC(CC(C)=NO)CC(C)C.CB(O)NCC(CC(N)=NO)CC(C)C.CB(O)NCC(Cc1noc(=O)[nH]1)CC(C)C.CC(C)CC(CN)Cc1noc(=O)[nH]1.CC(C)COC(=O)Cl.Cl.Cl.I.[HH]. The van der Waals surface area contributed by atoms with Gasteiger partial charge in [-0.25, -0.2) is 14.4 Å². The van der Waals surface area contributed by atoms with Crippen LogP contribution in [0.3, 0.4) is 0 Å². The lowest BCUT2D eigenvalue weighted by Gasteiger charge is -2.19. The molecule has 0 aliphatic carbocycles. The normalized spacial score (nSPS) is 12.5. The molecule has 0 saturated carbocycles. The molecule has 14 N–H and O–H groups in total. The Morgan fingerprint density at radius 2 is 1.03 bits per heavy atom. The fraction of sp³-hybridized carbons (Fsp3) is 0.841. The van der Waals surface area contributed by atoms with Crippen LogP contribution >= 0.6 is 60.4 Å². The number of halogens is 4. The molecule has 0 radical (unpaired) electrons. The Morgan fingerprint density at radius 1 is 0.685 bits per heavy atom. The number of aromatic amines is 2. The van der Waals surface area contributed by atoms with Gasteiger partial charge in [0.05, 0.1) is 12.3 Å². The summed E-state index contributed by atoms with van der Waals surface area (Å²) in [6, 6.07) is 0. The Labute approximate surface area is 473 Å². The Balaban J connectivity index is -0.000000122. The van der Waals surface area contributed by atoms with Crippen LogP contribution in [0.15, 0.2) is 28.9 Å². The standard InChI is InChI=1S/C10H20BN3O3.C10H23BN2O2.C9H22BN3O2.C9H17N3O2.C5H9ClO2.CH4.2ClH.HI.H2/c1-7(2)4-8(6-12-11(3)16)5-9-13-10(15)17-14-9;1-8(2)5-10(6-9(3)13-15)7-12-11(4)14;1-7(2)4-8(5-9(11)13-15)6-12-10(3)14;1-6(2)3-7(5-10)4-8-11-9(13)14-12-8;1-4(2)3-8-5(6)7;;;;;/h7-8,12,16H,4-6H2,1-3H3,(H,13,14,15);8,10,12,14-15H,5-7H2,1-4H3;7-8,12,14-15H,4-6H2,1-3H3,(H2,11,13);6-7H,3-5,10H2,1-2H3,(H,11,12,13);4H,3H2,1-2H3;1H4;4*1H. The van der Waals surface area contributed by atoms with Gasteiger partial charge in [-0.3, -0.25) is 19.0 Å². The van der Waals surface area contributed by atoms with Crippen LogP contribution in [-0.4, -0.2) is 117 Å². The lowest BCUT2D eigenvalue weighted by Crippen LogP contribution is -2.36. The summed E-state index contributed by atoms with van der Waals surface area (Å²) in [5, 5.41) is 66.9. The number of aromatic nitrogens is 4. The van der Waals surface area contributed by atoms with Crippen molar-refractivity contribution in [1.82, 2.24) is 36.0 Å². The molecule has 0 aliphatic rings. The number of rotatable bonds is 28. The molecule has 0 spiro atoms. The Hall–Kier alpha value is -2.40. The first-order chi connectivity index (χ1) is 32.1. The maximum Gasteiger partial charge on any atom is 0.438 e. The minimum absolute atomic E-state index is 0. The van der Waals surface area contributed by atoms with Crippen molar-refractivity contribution in [3.63, 3.8) is 0 Å². The molecule has 73 heavy (non-hydrogen) atoms. The molecular weight excluding hydrogens is 1120 g/mol. The van der Waals surface area contributed by atoms with Crippen molar-refractivity contribution in [2.24, 2.45) is 75.0 Å². The summed E-state index contributed by atoms with van der Waals surface area (Å²) in [5.41, 5.74) is 11.1. The van der Waals surface area contributed by atoms with Crippen molar-refractivity contribution in [1.29, 1.82) is 0 Å². The average Bonchev–Trinajstić information content (AvgIpc) is 3.85. The number of ether oxygens (including phenoxy) is 1. The van der Waals surface area contributed by atoms with Gasteiger partial charge in [-0.2, -0.15) is 0 Å². The molecule has 0 fully saturated rings. The van der Waals surface area contributed by atoms with Crippen molar-refractivity contribution in [2.75, 3.05) is 32.8 Å². The molecular formula is C44H100B3Cl3IN11O11. The first-order valence-corrected chi connectivity index (χ1v) is 24.5. The first-order valence-electron chi connectivity index (χ1n) is 24.1. The minimum atomic E-state index is -0.723. The predicted octanol–water partition coefficient (Wildman–Crippen LogP) is 7.23. The Morgan fingerprint density at radius 3 is 1.30 bits per heavy atom. The predicted molar refractivity (Wildman–Crippen MR) is 316 cm³/mol. The lowest BCUT2D eigenvalue weighted by molar-refractivity contribution is 0.159. The molecule has 4 unspecified atom stereocenters. The topological polar surface area (TPSA) is 358 Å². The number of H-pyrrole nitrogens is 2. The molecule has 22 nitrogen and oxygen atoms in total. The molecule has 2 aromatic heterocycles. The van der Waals surface area contributed by atoms with Gasteiger partial charge in [-0.1, -0.05) is 97.3 Å². The van der Waals surface area contributed by atoms with Crippen molar-refractivity contribution in [3.8, 4) is 0 Å². The van der Waals surface area contributed by atoms with Crippen molar-refractivity contribution >= 4 is 98.5 Å². The van der Waals surface area contributed by atoms with Crippen molar-refractivity contribution < 1.29 is 45.5 Å². The van der Waals surface area contributed by atoms with Gasteiger partial charge in [0.2, 0.25) is 0 Å². The van der Waals surface area contributed by atoms with E-state index in [4.69, 9.17) is 43.5 Å². The lowest BCUT2D eigenvalue weighted by atomic mass is 9.85. The van der Waals surface area contributed by atoms with E-state index in [1.54, 1.807) is 20.5 Å². The molecule has 0 aliphatic heterocycles. The highest BCUT2D eigenvalue weighted by atomic mass is 127. The molecule has 0 bridgehead atoms. The van der Waals surface area contributed by atoms with E-state index in [-0.39, 0.29) is 69.4 Å². The zero-order chi connectivity index (χ0) is 53.6. The summed E-state index contributed by atoms with van der Waals surface area (Å²) in [7, 11) is -1.53. The summed E-state index contributed by atoms with van der Waals surface area (Å²) in [4.78, 5) is 36.4. The maximum absolute atomic E-state index is 10.8. The molecule has 2 heterocycles. The van der Waals surface area contributed by atoms with Crippen LogP contribution in [0.1, 0.15) is 135 Å². The van der Waals surface area contributed by atoms with Crippen LogP contribution in [0, 0.1) is 53.3 Å². The van der Waals surface area contributed by atoms with E-state index < -0.39 is 38.1 Å². The Kier molecular flexibility index (Phi) is 59.9. The van der Waals surface area contributed by atoms with E-state index in [1.807, 2.05) is 20.8 Å². The monoisotopic (exact) mass is 1220 g/mol. The molecule has 2 aromatic rings. The molecule has 0 saturated heterocycles. The largest absolute Gasteiger partial charge is 0.453 e. The van der Waals surface area contributed by atoms with Gasteiger partial charge in [0.15, 0.2) is 11.6 Å². The highest BCUT2D eigenvalue weighted by Crippen LogP contribution is 2.17. The molecule has 434 valence electrons. The van der Waals surface area contributed by atoms with Gasteiger partial charge in [-0.05, 0) is 139 Å². The summed E-state index contributed by atoms with van der Waals surface area (Å²) in [5.74, 6) is 4.41. The fourth-order valence-electron chi connectivity index (χ4n) is 6.93. The zero-order valence-corrected chi connectivity index (χ0v) is 50.1. The molecule has 29 heteroatoms. The third kappa shape index (κ3) is 58.7. The van der Waals surface area contributed by atoms with E-state index in [0.29, 0.717) is 104 Å². The quantitative estimate of drug-likeness (QED) is 0.00760. The number of nitrogens with one attached hydrogen (secondary N) is 5. The van der Waals surface area contributed by atoms with Gasteiger partial charge >= 0.3 is 38.1 Å². The van der Waals surface area contributed by atoms with E-state index in [2.05, 4.69) is 115 Å². The van der Waals surface area contributed by atoms with Gasteiger partial charge in [0.25, 0.3) is 0 Å². The first kappa shape index (κ1) is 84.6. The van der Waals surface area contributed by atoms with Gasteiger partial charge in [0.1, 0.15) is 5.84 Å². The number of hydrogen-bond acceptors (Lipinski definition) is 19.